The topological polar surface area (TPSA) is 65.1 Å². The van der Waals surface area contributed by atoms with Gasteiger partial charge in [0.25, 0.3) is 0 Å². The molecule has 0 saturated carbocycles. The zero-order valence-corrected chi connectivity index (χ0v) is 14.1. The summed E-state index contributed by atoms with van der Waals surface area (Å²) < 4.78 is 13.2. The number of H-pyrrole nitrogens is 1. The average molecular weight is 340 g/mol. The molecular formula is C20H21FN2O2. The van der Waals surface area contributed by atoms with Crippen LogP contribution in [0.5, 0.6) is 0 Å². The third-order valence-corrected chi connectivity index (χ3v) is 4.39. The fourth-order valence-electron chi connectivity index (χ4n) is 2.94. The molecule has 130 valence electrons. The Labute approximate surface area is 145 Å². The lowest BCUT2D eigenvalue weighted by atomic mass is 10.0. The number of carbonyl (C=O) groups is 1. The van der Waals surface area contributed by atoms with Gasteiger partial charge in [-0.1, -0.05) is 31.2 Å². The minimum absolute atomic E-state index is 0.162. The van der Waals surface area contributed by atoms with Crippen molar-refractivity contribution in [3.05, 3.63) is 71.2 Å². The molecule has 25 heavy (non-hydrogen) atoms. The summed E-state index contributed by atoms with van der Waals surface area (Å²) in [5.41, 5.74) is 3.54. The fraction of sp³-hybridized carbons (Fsp3) is 0.250. The van der Waals surface area contributed by atoms with E-state index in [9.17, 15) is 14.3 Å². The molecule has 1 amide bonds. The first-order chi connectivity index (χ1) is 12.1. The Morgan fingerprint density at radius 2 is 2.00 bits per heavy atom. The molecule has 0 bridgehead atoms. The minimum atomic E-state index is -0.443. The first-order valence-corrected chi connectivity index (χ1v) is 8.35. The monoisotopic (exact) mass is 340 g/mol. The molecule has 3 rings (SSSR count). The Morgan fingerprint density at radius 3 is 2.68 bits per heavy atom. The maximum Gasteiger partial charge on any atom is 0.225 e. The van der Waals surface area contributed by atoms with Gasteiger partial charge < -0.3 is 15.4 Å². The van der Waals surface area contributed by atoms with Gasteiger partial charge in [0.1, 0.15) is 5.82 Å². The van der Waals surface area contributed by atoms with E-state index in [1.807, 2.05) is 24.3 Å². The predicted molar refractivity (Wildman–Crippen MR) is 95.8 cm³/mol. The van der Waals surface area contributed by atoms with Crippen molar-refractivity contribution in [3.63, 3.8) is 0 Å². The summed E-state index contributed by atoms with van der Waals surface area (Å²) in [5.74, 6) is -0.509. The van der Waals surface area contributed by atoms with E-state index in [0.29, 0.717) is 5.52 Å². The molecule has 1 aromatic heterocycles. The van der Waals surface area contributed by atoms with Crippen molar-refractivity contribution in [2.75, 3.05) is 6.61 Å². The number of aliphatic hydroxyl groups is 1. The molecule has 0 fully saturated rings. The van der Waals surface area contributed by atoms with E-state index in [0.717, 1.165) is 22.9 Å². The molecule has 0 saturated heterocycles. The van der Waals surface area contributed by atoms with Gasteiger partial charge in [-0.05, 0) is 41.3 Å². The molecule has 0 aliphatic carbocycles. The van der Waals surface area contributed by atoms with Crippen molar-refractivity contribution in [2.24, 2.45) is 0 Å². The fourth-order valence-corrected chi connectivity index (χ4v) is 2.94. The van der Waals surface area contributed by atoms with Crippen LogP contribution in [0.2, 0.25) is 0 Å². The van der Waals surface area contributed by atoms with Crippen LogP contribution in [0.4, 0.5) is 4.39 Å². The number of hydrogen-bond acceptors (Lipinski definition) is 2. The van der Waals surface area contributed by atoms with Gasteiger partial charge in [-0.25, -0.2) is 4.39 Å². The SMILES string of the molecule is CCc1ccc(C(CO)NC(=O)Cc2c[nH]c3cc(F)ccc23)cc1. The predicted octanol–water partition coefficient (Wildman–Crippen LogP) is 3.26. The average Bonchev–Trinajstić information content (AvgIpc) is 3.01. The second-order valence-corrected chi connectivity index (χ2v) is 6.08. The Kier molecular flexibility index (Phi) is 5.14. The number of aromatic nitrogens is 1. The zero-order chi connectivity index (χ0) is 17.8. The second kappa shape index (κ2) is 7.49. The summed E-state index contributed by atoms with van der Waals surface area (Å²) in [4.78, 5) is 15.4. The van der Waals surface area contributed by atoms with Crippen molar-refractivity contribution in [2.45, 2.75) is 25.8 Å². The summed E-state index contributed by atoms with van der Waals surface area (Å²) in [6.45, 7) is 1.91. The number of aryl methyl sites for hydroxylation is 1. The van der Waals surface area contributed by atoms with E-state index in [4.69, 9.17) is 0 Å². The normalized spacial score (nSPS) is 12.3. The highest BCUT2D eigenvalue weighted by Crippen LogP contribution is 2.20. The zero-order valence-electron chi connectivity index (χ0n) is 14.1. The maximum absolute atomic E-state index is 13.2. The van der Waals surface area contributed by atoms with E-state index >= 15 is 0 Å². The molecule has 1 atom stereocenters. The summed E-state index contributed by atoms with van der Waals surface area (Å²) in [6, 6.07) is 11.9. The molecule has 3 N–H and O–H groups in total. The van der Waals surface area contributed by atoms with Gasteiger partial charge in [0.15, 0.2) is 0 Å². The lowest BCUT2D eigenvalue weighted by molar-refractivity contribution is -0.121. The van der Waals surface area contributed by atoms with Crippen molar-refractivity contribution in [1.29, 1.82) is 0 Å². The quantitative estimate of drug-likeness (QED) is 0.645. The molecule has 0 aliphatic rings. The second-order valence-electron chi connectivity index (χ2n) is 6.08. The van der Waals surface area contributed by atoms with Gasteiger partial charge in [0, 0.05) is 17.1 Å². The summed E-state index contributed by atoms with van der Waals surface area (Å²) >= 11 is 0. The van der Waals surface area contributed by atoms with Crippen LogP contribution in [0.1, 0.15) is 29.7 Å². The van der Waals surface area contributed by atoms with Gasteiger partial charge in [-0.15, -0.1) is 0 Å². The van der Waals surface area contributed by atoms with Crippen LogP contribution in [0, 0.1) is 5.82 Å². The molecule has 2 aromatic carbocycles. The van der Waals surface area contributed by atoms with E-state index in [2.05, 4.69) is 17.2 Å². The molecule has 0 radical (unpaired) electrons. The van der Waals surface area contributed by atoms with Gasteiger partial charge in [0.2, 0.25) is 5.91 Å². The van der Waals surface area contributed by atoms with Crippen molar-refractivity contribution >= 4 is 16.8 Å². The van der Waals surface area contributed by atoms with Crippen molar-refractivity contribution in [1.82, 2.24) is 10.3 Å². The molecule has 4 nitrogen and oxygen atoms in total. The third-order valence-electron chi connectivity index (χ3n) is 4.39. The molecule has 1 heterocycles. The number of amides is 1. The van der Waals surface area contributed by atoms with Gasteiger partial charge in [-0.3, -0.25) is 4.79 Å². The molecular weight excluding hydrogens is 319 g/mol. The van der Waals surface area contributed by atoms with Crippen LogP contribution in [0.15, 0.2) is 48.7 Å². The Balaban J connectivity index is 1.71. The number of carbonyl (C=O) groups excluding carboxylic acids is 1. The lowest BCUT2D eigenvalue weighted by Crippen LogP contribution is -2.31. The standard InChI is InChI=1S/C20H21FN2O2/c1-2-13-3-5-14(6-4-13)19(12-24)23-20(25)9-15-11-22-18-10-16(21)7-8-17(15)18/h3-8,10-11,19,22,24H,2,9,12H2,1H3,(H,23,25). The summed E-state index contributed by atoms with van der Waals surface area (Å²) in [5, 5.41) is 13.3. The minimum Gasteiger partial charge on any atom is -0.394 e. The van der Waals surface area contributed by atoms with Crippen LogP contribution in [0.25, 0.3) is 10.9 Å². The third kappa shape index (κ3) is 3.88. The number of aliphatic hydroxyl groups excluding tert-OH is 1. The van der Waals surface area contributed by atoms with Crippen LogP contribution in [-0.4, -0.2) is 22.6 Å². The number of aromatic amines is 1. The van der Waals surface area contributed by atoms with Crippen molar-refractivity contribution < 1.29 is 14.3 Å². The van der Waals surface area contributed by atoms with Crippen LogP contribution < -0.4 is 5.32 Å². The molecule has 3 aromatic rings. The number of halogens is 1. The van der Waals surface area contributed by atoms with E-state index in [1.165, 1.54) is 17.7 Å². The first-order valence-electron chi connectivity index (χ1n) is 8.35. The number of hydrogen-bond donors (Lipinski definition) is 3. The highest BCUT2D eigenvalue weighted by atomic mass is 19.1. The smallest absolute Gasteiger partial charge is 0.225 e. The van der Waals surface area contributed by atoms with Crippen molar-refractivity contribution in [3.8, 4) is 0 Å². The van der Waals surface area contributed by atoms with E-state index in [1.54, 1.807) is 12.3 Å². The molecule has 0 aliphatic heterocycles. The van der Waals surface area contributed by atoms with E-state index < -0.39 is 6.04 Å². The Hall–Kier alpha value is -2.66. The number of benzene rings is 2. The summed E-state index contributed by atoms with van der Waals surface area (Å²) in [6.07, 6.45) is 2.82. The Bertz CT molecular complexity index is 871. The highest BCUT2D eigenvalue weighted by Gasteiger charge is 2.15. The van der Waals surface area contributed by atoms with Crippen LogP contribution >= 0.6 is 0 Å². The number of nitrogens with one attached hydrogen (secondary N) is 2. The number of rotatable bonds is 6. The highest BCUT2D eigenvalue weighted by molar-refractivity contribution is 5.89. The molecule has 1 unspecified atom stereocenters. The van der Waals surface area contributed by atoms with Gasteiger partial charge >= 0.3 is 0 Å². The van der Waals surface area contributed by atoms with Crippen LogP contribution in [0.3, 0.4) is 0 Å². The van der Waals surface area contributed by atoms with Gasteiger partial charge in [-0.2, -0.15) is 0 Å². The molecule has 0 spiro atoms. The lowest BCUT2D eigenvalue weighted by Gasteiger charge is -2.17. The van der Waals surface area contributed by atoms with Gasteiger partial charge in [0.05, 0.1) is 19.1 Å². The van der Waals surface area contributed by atoms with E-state index in [-0.39, 0.29) is 24.8 Å². The molecule has 5 heteroatoms. The number of fused-ring (bicyclic) bond motifs is 1. The van der Waals surface area contributed by atoms with Crippen LogP contribution in [-0.2, 0) is 17.6 Å². The largest absolute Gasteiger partial charge is 0.394 e. The summed E-state index contributed by atoms with van der Waals surface area (Å²) in [7, 11) is 0. The maximum atomic E-state index is 13.2. The Morgan fingerprint density at radius 1 is 1.24 bits per heavy atom. The first kappa shape index (κ1) is 17.2.